The molecule has 3 aliphatic heterocycles. The van der Waals surface area contributed by atoms with Gasteiger partial charge in [-0.25, -0.2) is 4.98 Å². The van der Waals surface area contributed by atoms with Crippen molar-refractivity contribution in [2.75, 3.05) is 46.0 Å². The molecule has 2 amide bonds. The van der Waals surface area contributed by atoms with Gasteiger partial charge in [-0.15, -0.1) is 0 Å². The highest BCUT2D eigenvalue weighted by molar-refractivity contribution is 5.97. The van der Waals surface area contributed by atoms with Crippen molar-refractivity contribution in [3.05, 3.63) is 47.2 Å². The summed E-state index contributed by atoms with van der Waals surface area (Å²) in [5.41, 5.74) is 3.67. The molecule has 0 bridgehead atoms. The zero-order valence-corrected chi connectivity index (χ0v) is 21.3. The van der Waals surface area contributed by atoms with Gasteiger partial charge in [0, 0.05) is 79.3 Å². The lowest BCUT2D eigenvalue weighted by atomic mass is 10.0. The van der Waals surface area contributed by atoms with Gasteiger partial charge in [0.15, 0.2) is 0 Å². The molecule has 2 aromatic heterocycles. The average Bonchev–Trinajstić information content (AvgIpc) is 3.37. The third kappa shape index (κ3) is 4.62. The van der Waals surface area contributed by atoms with Crippen LogP contribution in [0.5, 0.6) is 5.88 Å². The van der Waals surface area contributed by atoms with E-state index in [4.69, 9.17) is 14.5 Å². The van der Waals surface area contributed by atoms with Crippen LogP contribution in [0, 0.1) is 17.8 Å². The maximum Gasteiger partial charge on any atom is 0.254 e. The highest BCUT2D eigenvalue weighted by atomic mass is 16.5. The molecule has 3 saturated heterocycles. The second-order valence-corrected chi connectivity index (χ2v) is 11.3. The van der Waals surface area contributed by atoms with Crippen LogP contribution >= 0.6 is 0 Å². The molecule has 0 radical (unpaired) electrons. The zero-order valence-electron chi connectivity index (χ0n) is 21.3. The van der Waals surface area contributed by atoms with Gasteiger partial charge in [0.25, 0.3) is 11.8 Å². The monoisotopic (exact) mass is 516 g/mol. The summed E-state index contributed by atoms with van der Waals surface area (Å²) < 4.78 is 11.7. The lowest BCUT2D eigenvalue weighted by molar-refractivity contribution is 0.0343. The SMILES string of the molecule is O=C(c1cc(OCC2CCCOC2)nc(C2CC2)c1)N1C[C@H]2CN(C(=O)c3ccc4n[nH]nc4c3)C[C@@H]2C1. The van der Waals surface area contributed by atoms with Gasteiger partial charge < -0.3 is 19.3 Å². The van der Waals surface area contributed by atoms with Crippen LogP contribution in [0.15, 0.2) is 30.3 Å². The van der Waals surface area contributed by atoms with Crippen LogP contribution in [0.25, 0.3) is 11.0 Å². The van der Waals surface area contributed by atoms with Gasteiger partial charge in [-0.1, -0.05) is 0 Å². The van der Waals surface area contributed by atoms with E-state index < -0.39 is 0 Å². The normalized spacial score (nSPS) is 25.1. The maximum absolute atomic E-state index is 13.6. The Balaban J connectivity index is 1.01. The number of nitrogens with one attached hydrogen (secondary N) is 1. The summed E-state index contributed by atoms with van der Waals surface area (Å²) in [6, 6.07) is 9.17. The Morgan fingerprint density at radius 3 is 2.37 bits per heavy atom. The number of aromatic amines is 1. The molecule has 1 saturated carbocycles. The van der Waals surface area contributed by atoms with Gasteiger partial charge in [-0.3, -0.25) is 9.59 Å². The minimum absolute atomic E-state index is 0.00976. The zero-order chi connectivity index (χ0) is 25.6. The fourth-order valence-corrected chi connectivity index (χ4v) is 6.12. The molecular formula is C28H32N6O4. The number of fused-ring (bicyclic) bond motifs is 2. The lowest BCUT2D eigenvalue weighted by Gasteiger charge is -2.23. The number of amides is 2. The molecule has 1 N–H and O–H groups in total. The highest BCUT2D eigenvalue weighted by Gasteiger charge is 2.43. The Morgan fingerprint density at radius 2 is 1.66 bits per heavy atom. The number of H-pyrrole nitrogens is 1. The number of carbonyl (C=O) groups is 2. The fourth-order valence-electron chi connectivity index (χ4n) is 6.12. The van der Waals surface area contributed by atoms with Crippen molar-refractivity contribution in [2.45, 2.75) is 31.6 Å². The highest BCUT2D eigenvalue weighted by Crippen LogP contribution is 2.40. The number of pyridine rings is 1. The van der Waals surface area contributed by atoms with E-state index in [-0.39, 0.29) is 23.7 Å². The molecule has 0 spiro atoms. The minimum atomic E-state index is 0.00976. The largest absolute Gasteiger partial charge is 0.477 e. The number of nitrogens with zero attached hydrogens (tertiary/aromatic N) is 5. The predicted octanol–water partition coefficient (Wildman–Crippen LogP) is 2.88. The Hall–Kier alpha value is -3.53. The number of carbonyl (C=O) groups excluding carboxylic acids is 2. The van der Waals surface area contributed by atoms with E-state index in [9.17, 15) is 9.59 Å². The average molecular weight is 517 g/mol. The Kier molecular flexibility index (Phi) is 5.99. The van der Waals surface area contributed by atoms with Gasteiger partial charge in [0.1, 0.15) is 11.0 Å². The lowest BCUT2D eigenvalue weighted by Crippen LogP contribution is -2.35. The molecule has 38 heavy (non-hydrogen) atoms. The van der Waals surface area contributed by atoms with Gasteiger partial charge in [0.2, 0.25) is 5.88 Å². The van der Waals surface area contributed by atoms with Gasteiger partial charge in [-0.2, -0.15) is 15.4 Å². The maximum atomic E-state index is 13.6. The van der Waals surface area contributed by atoms with E-state index in [1.165, 1.54) is 0 Å². The molecule has 5 heterocycles. The number of aromatic nitrogens is 4. The van der Waals surface area contributed by atoms with Crippen molar-refractivity contribution in [3.63, 3.8) is 0 Å². The fraction of sp³-hybridized carbons (Fsp3) is 0.536. The van der Waals surface area contributed by atoms with Crippen molar-refractivity contribution in [1.29, 1.82) is 0 Å². The van der Waals surface area contributed by atoms with Crippen molar-refractivity contribution in [3.8, 4) is 5.88 Å². The van der Waals surface area contributed by atoms with E-state index in [1.807, 2.05) is 28.0 Å². The van der Waals surface area contributed by atoms with Crippen LogP contribution in [0.3, 0.4) is 0 Å². The molecule has 10 nitrogen and oxygen atoms in total. The summed E-state index contributed by atoms with van der Waals surface area (Å²) in [5.74, 6) is 1.95. The Bertz CT molecular complexity index is 1350. The number of hydrogen-bond donors (Lipinski definition) is 1. The van der Waals surface area contributed by atoms with Crippen LogP contribution in [0.2, 0.25) is 0 Å². The van der Waals surface area contributed by atoms with Crippen LogP contribution in [-0.2, 0) is 4.74 Å². The first kappa shape index (κ1) is 23.6. The molecule has 4 fully saturated rings. The summed E-state index contributed by atoms with van der Waals surface area (Å²) >= 11 is 0. The molecule has 1 unspecified atom stereocenters. The Labute approximate surface area is 220 Å². The molecule has 1 aliphatic carbocycles. The number of ether oxygens (including phenoxy) is 2. The summed E-state index contributed by atoms with van der Waals surface area (Å²) in [6.45, 7) is 4.75. The summed E-state index contributed by atoms with van der Waals surface area (Å²) in [7, 11) is 0. The van der Waals surface area contributed by atoms with Crippen molar-refractivity contribution >= 4 is 22.8 Å². The van der Waals surface area contributed by atoms with Gasteiger partial charge in [-0.05, 0) is 49.9 Å². The van der Waals surface area contributed by atoms with E-state index in [0.717, 1.165) is 50.1 Å². The number of likely N-dealkylation sites (tertiary alicyclic amines) is 2. The summed E-state index contributed by atoms with van der Waals surface area (Å²) in [6.07, 6.45) is 4.38. The second-order valence-electron chi connectivity index (χ2n) is 11.3. The summed E-state index contributed by atoms with van der Waals surface area (Å²) in [5, 5.41) is 10.7. The standard InChI is InChI=1S/C28H32N6O4/c35-27(19-5-6-23-25(8-19)31-32-30-23)33-11-21-13-34(14-22(21)12-33)28(36)20-9-24(18-3-4-18)29-26(10-20)38-16-17-2-1-7-37-15-17/h5-6,8-10,17-18,21-22H,1-4,7,11-16H2,(H,30,31,32)/t17?,21-,22-/m1/s1. The van der Waals surface area contributed by atoms with Crippen molar-refractivity contribution < 1.29 is 19.1 Å². The van der Waals surface area contributed by atoms with E-state index >= 15 is 0 Å². The molecule has 7 rings (SSSR count). The second kappa shape index (κ2) is 9.65. The molecule has 198 valence electrons. The topological polar surface area (TPSA) is 114 Å². The number of benzene rings is 1. The van der Waals surface area contributed by atoms with Crippen LogP contribution in [0.4, 0.5) is 0 Å². The van der Waals surface area contributed by atoms with Gasteiger partial charge in [0.05, 0.1) is 13.2 Å². The Morgan fingerprint density at radius 1 is 0.921 bits per heavy atom. The number of rotatable bonds is 6. The van der Waals surface area contributed by atoms with Crippen molar-refractivity contribution in [2.24, 2.45) is 17.8 Å². The molecule has 4 aliphatic rings. The smallest absolute Gasteiger partial charge is 0.254 e. The van der Waals surface area contributed by atoms with Gasteiger partial charge >= 0.3 is 0 Å². The van der Waals surface area contributed by atoms with Crippen LogP contribution < -0.4 is 4.74 Å². The molecule has 1 aromatic carbocycles. The third-order valence-corrected chi connectivity index (χ3v) is 8.41. The minimum Gasteiger partial charge on any atom is -0.477 e. The summed E-state index contributed by atoms with van der Waals surface area (Å²) in [4.78, 5) is 35.3. The van der Waals surface area contributed by atoms with Crippen LogP contribution in [0.1, 0.15) is 58.0 Å². The number of hydrogen-bond acceptors (Lipinski definition) is 7. The molecule has 3 aromatic rings. The van der Waals surface area contributed by atoms with E-state index in [2.05, 4.69) is 15.4 Å². The first-order valence-electron chi connectivity index (χ1n) is 13.7. The van der Waals surface area contributed by atoms with Crippen molar-refractivity contribution in [1.82, 2.24) is 30.2 Å². The molecule has 10 heteroatoms. The predicted molar refractivity (Wildman–Crippen MR) is 138 cm³/mol. The van der Waals surface area contributed by atoms with Crippen LogP contribution in [-0.4, -0.2) is 88.0 Å². The first-order chi connectivity index (χ1) is 18.6. The first-order valence-corrected chi connectivity index (χ1v) is 13.7. The quantitative estimate of drug-likeness (QED) is 0.536. The molecular weight excluding hydrogens is 484 g/mol. The van der Waals surface area contributed by atoms with E-state index in [0.29, 0.717) is 67.1 Å². The van der Waals surface area contributed by atoms with E-state index in [1.54, 1.807) is 12.1 Å². The molecule has 3 atom stereocenters. The third-order valence-electron chi connectivity index (χ3n) is 8.41.